The van der Waals surface area contributed by atoms with E-state index in [1.54, 1.807) is 6.20 Å². The van der Waals surface area contributed by atoms with Crippen LogP contribution in [0.5, 0.6) is 0 Å². The minimum absolute atomic E-state index is 0.491. The molecule has 3 heterocycles. The molecule has 0 radical (unpaired) electrons. The molecule has 1 aliphatic rings. The van der Waals surface area contributed by atoms with Gasteiger partial charge in [0.25, 0.3) is 0 Å². The van der Waals surface area contributed by atoms with Crippen LogP contribution in [-0.4, -0.2) is 44.9 Å². The normalized spacial score (nSPS) is 17.7. The van der Waals surface area contributed by atoms with Crippen molar-refractivity contribution in [3.05, 3.63) is 23.2 Å². The SMILES string of the molecule is CCCN1CCC(Nc2nc(Br)cn3ccnc23)CC1. The van der Waals surface area contributed by atoms with Gasteiger partial charge in [-0.25, -0.2) is 9.97 Å². The molecule has 0 spiro atoms. The lowest BCUT2D eigenvalue weighted by Gasteiger charge is -2.32. The van der Waals surface area contributed by atoms with Gasteiger partial charge in [0.2, 0.25) is 0 Å². The minimum Gasteiger partial charge on any atom is -0.364 e. The van der Waals surface area contributed by atoms with Gasteiger partial charge in [0.1, 0.15) is 4.60 Å². The number of fused-ring (bicyclic) bond motifs is 1. The lowest BCUT2D eigenvalue weighted by Crippen LogP contribution is -2.39. The van der Waals surface area contributed by atoms with E-state index in [1.807, 2.05) is 16.8 Å². The Morgan fingerprint density at radius 1 is 1.40 bits per heavy atom. The summed E-state index contributed by atoms with van der Waals surface area (Å²) in [5.74, 6) is 0.873. The van der Waals surface area contributed by atoms with Crippen molar-refractivity contribution < 1.29 is 0 Å². The summed E-state index contributed by atoms with van der Waals surface area (Å²) in [6, 6.07) is 0.491. The minimum atomic E-state index is 0.491. The van der Waals surface area contributed by atoms with Crippen molar-refractivity contribution in [3.63, 3.8) is 0 Å². The number of rotatable bonds is 4. The summed E-state index contributed by atoms with van der Waals surface area (Å²) < 4.78 is 2.82. The molecule has 3 rings (SSSR count). The van der Waals surface area contributed by atoms with Crippen molar-refractivity contribution in [1.29, 1.82) is 0 Å². The molecular weight excluding hydrogens is 318 g/mol. The van der Waals surface area contributed by atoms with Crippen LogP contribution in [0.4, 0.5) is 5.82 Å². The first-order valence-corrected chi connectivity index (χ1v) is 8.03. The van der Waals surface area contributed by atoms with E-state index in [9.17, 15) is 0 Å². The van der Waals surface area contributed by atoms with E-state index in [-0.39, 0.29) is 0 Å². The number of anilines is 1. The topological polar surface area (TPSA) is 45.5 Å². The van der Waals surface area contributed by atoms with Crippen LogP contribution in [0.25, 0.3) is 5.65 Å². The van der Waals surface area contributed by atoms with Gasteiger partial charge in [0, 0.05) is 37.7 Å². The van der Waals surface area contributed by atoms with Gasteiger partial charge in [0.05, 0.1) is 0 Å². The van der Waals surface area contributed by atoms with Crippen molar-refractivity contribution in [2.24, 2.45) is 0 Å². The number of nitrogens with zero attached hydrogens (tertiary/aromatic N) is 4. The molecule has 1 fully saturated rings. The van der Waals surface area contributed by atoms with Crippen LogP contribution in [-0.2, 0) is 0 Å². The zero-order valence-electron chi connectivity index (χ0n) is 11.7. The van der Waals surface area contributed by atoms with Gasteiger partial charge in [-0.15, -0.1) is 0 Å². The van der Waals surface area contributed by atoms with Gasteiger partial charge in [-0.1, -0.05) is 6.92 Å². The highest BCUT2D eigenvalue weighted by Gasteiger charge is 2.20. The molecule has 0 aromatic carbocycles. The summed E-state index contributed by atoms with van der Waals surface area (Å²) >= 11 is 3.45. The molecule has 0 unspecified atom stereocenters. The molecule has 5 nitrogen and oxygen atoms in total. The lowest BCUT2D eigenvalue weighted by atomic mass is 10.0. The smallest absolute Gasteiger partial charge is 0.180 e. The Bertz CT molecular complexity index is 574. The number of imidazole rings is 1. The fourth-order valence-electron chi connectivity index (χ4n) is 2.81. The Morgan fingerprint density at radius 3 is 2.95 bits per heavy atom. The number of likely N-dealkylation sites (tertiary alicyclic amines) is 1. The molecule has 108 valence electrons. The maximum absolute atomic E-state index is 4.53. The monoisotopic (exact) mass is 337 g/mol. The Kier molecular flexibility index (Phi) is 4.21. The van der Waals surface area contributed by atoms with Gasteiger partial charge in [-0.3, -0.25) is 0 Å². The zero-order valence-corrected chi connectivity index (χ0v) is 13.3. The zero-order chi connectivity index (χ0) is 13.9. The molecule has 1 aliphatic heterocycles. The second-order valence-electron chi connectivity index (χ2n) is 5.33. The second-order valence-corrected chi connectivity index (χ2v) is 6.14. The van der Waals surface area contributed by atoms with Crippen LogP contribution in [0, 0.1) is 0 Å². The molecule has 0 amide bonds. The first-order chi connectivity index (χ1) is 9.76. The quantitative estimate of drug-likeness (QED) is 0.931. The van der Waals surface area contributed by atoms with E-state index < -0.39 is 0 Å². The lowest BCUT2D eigenvalue weighted by molar-refractivity contribution is 0.219. The highest BCUT2D eigenvalue weighted by Crippen LogP contribution is 2.21. The molecule has 2 aromatic rings. The molecule has 2 aromatic heterocycles. The summed E-state index contributed by atoms with van der Waals surface area (Å²) in [5, 5.41) is 3.56. The van der Waals surface area contributed by atoms with Crippen molar-refractivity contribution in [3.8, 4) is 0 Å². The van der Waals surface area contributed by atoms with Crippen LogP contribution < -0.4 is 5.32 Å². The number of halogens is 1. The maximum Gasteiger partial charge on any atom is 0.180 e. The van der Waals surface area contributed by atoms with Gasteiger partial charge < -0.3 is 14.6 Å². The second kappa shape index (κ2) is 6.10. The molecule has 1 N–H and O–H groups in total. The Hall–Kier alpha value is -1.14. The average molecular weight is 338 g/mol. The van der Waals surface area contributed by atoms with Crippen LogP contribution in [0.2, 0.25) is 0 Å². The fraction of sp³-hybridized carbons (Fsp3) is 0.571. The summed E-state index contributed by atoms with van der Waals surface area (Å²) in [5.41, 5.74) is 0.893. The van der Waals surface area contributed by atoms with Gasteiger partial charge in [-0.05, 0) is 41.7 Å². The van der Waals surface area contributed by atoms with Gasteiger partial charge >= 0.3 is 0 Å². The number of aromatic nitrogens is 3. The Labute approximate surface area is 127 Å². The third kappa shape index (κ3) is 2.96. The van der Waals surface area contributed by atoms with E-state index in [0.717, 1.165) is 16.1 Å². The third-order valence-electron chi connectivity index (χ3n) is 3.81. The molecule has 0 atom stereocenters. The Balaban J connectivity index is 1.69. The molecular formula is C14H20BrN5. The van der Waals surface area contributed by atoms with E-state index in [0.29, 0.717) is 6.04 Å². The molecule has 1 saturated heterocycles. The van der Waals surface area contributed by atoms with E-state index in [2.05, 4.69) is 43.0 Å². The predicted molar refractivity (Wildman–Crippen MR) is 84.1 cm³/mol. The van der Waals surface area contributed by atoms with Crippen LogP contribution in [0.3, 0.4) is 0 Å². The predicted octanol–water partition coefficient (Wildman–Crippen LogP) is 2.78. The standard InChI is InChI=1S/C14H20BrN5/c1-2-6-19-7-3-11(4-8-19)17-13-14-16-5-9-20(14)10-12(15)18-13/h5,9-11H,2-4,6-8H2,1H3,(H,17,18). The van der Waals surface area contributed by atoms with Crippen molar-refractivity contribution in [1.82, 2.24) is 19.3 Å². The number of nitrogens with one attached hydrogen (secondary N) is 1. The Morgan fingerprint density at radius 2 is 2.20 bits per heavy atom. The largest absolute Gasteiger partial charge is 0.364 e. The highest BCUT2D eigenvalue weighted by atomic mass is 79.9. The summed E-state index contributed by atoms with van der Waals surface area (Å²) in [4.78, 5) is 11.4. The molecule has 6 heteroatoms. The number of hydrogen-bond donors (Lipinski definition) is 1. The summed E-state index contributed by atoms with van der Waals surface area (Å²) in [6.45, 7) is 5.80. The van der Waals surface area contributed by atoms with E-state index >= 15 is 0 Å². The highest BCUT2D eigenvalue weighted by molar-refractivity contribution is 9.10. The maximum atomic E-state index is 4.53. The van der Waals surface area contributed by atoms with E-state index in [1.165, 1.54) is 38.9 Å². The average Bonchev–Trinajstić information content (AvgIpc) is 2.89. The van der Waals surface area contributed by atoms with Crippen molar-refractivity contribution >= 4 is 27.4 Å². The fourth-order valence-corrected chi connectivity index (χ4v) is 3.21. The van der Waals surface area contributed by atoms with Gasteiger partial charge in [-0.2, -0.15) is 0 Å². The number of piperidine rings is 1. The molecule has 0 aliphatic carbocycles. The number of hydrogen-bond acceptors (Lipinski definition) is 4. The molecule has 0 bridgehead atoms. The van der Waals surface area contributed by atoms with Gasteiger partial charge in [0.15, 0.2) is 11.5 Å². The van der Waals surface area contributed by atoms with E-state index in [4.69, 9.17) is 0 Å². The van der Waals surface area contributed by atoms with Crippen LogP contribution in [0.1, 0.15) is 26.2 Å². The summed E-state index contributed by atoms with van der Waals surface area (Å²) in [6.07, 6.45) is 9.24. The van der Waals surface area contributed by atoms with Crippen molar-refractivity contribution in [2.45, 2.75) is 32.2 Å². The molecule has 0 saturated carbocycles. The third-order valence-corrected chi connectivity index (χ3v) is 4.20. The molecule has 20 heavy (non-hydrogen) atoms. The van der Waals surface area contributed by atoms with Crippen molar-refractivity contribution in [2.75, 3.05) is 25.0 Å². The first kappa shape index (κ1) is 13.8. The van der Waals surface area contributed by atoms with Crippen LogP contribution in [0.15, 0.2) is 23.2 Å². The van der Waals surface area contributed by atoms with Crippen LogP contribution >= 0.6 is 15.9 Å². The first-order valence-electron chi connectivity index (χ1n) is 7.24. The summed E-state index contributed by atoms with van der Waals surface area (Å²) in [7, 11) is 0.